The van der Waals surface area contributed by atoms with Gasteiger partial charge in [-0.2, -0.15) is 5.10 Å². The van der Waals surface area contributed by atoms with Gasteiger partial charge < -0.3 is 15.4 Å². The third-order valence-electron chi connectivity index (χ3n) is 8.63. The molecule has 242 valence electrons. The highest BCUT2D eigenvalue weighted by Crippen LogP contribution is 2.33. The number of nitrogens with zero attached hydrogens (tertiary/aromatic N) is 8. The molecule has 0 radical (unpaired) electrons. The molecule has 46 heavy (non-hydrogen) atoms. The van der Waals surface area contributed by atoms with Crippen molar-refractivity contribution < 1.29 is 9.53 Å². The molecule has 4 aromatic heterocycles. The van der Waals surface area contributed by atoms with E-state index >= 15 is 0 Å². The normalized spacial score (nSPS) is 18.3. The molecule has 2 N–H and O–H groups in total. The fraction of sp³-hybridized carbons (Fsp3) is 0.500. The largest absolute Gasteiger partial charge is 0.467 e. The molecule has 2 fully saturated rings. The Labute approximate surface area is 270 Å². The van der Waals surface area contributed by atoms with Gasteiger partial charge in [0.1, 0.15) is 11.5 Å². The number of hydrogen-bond donors (Lipinski definition) is 2. The number of carbonyl (C=O) groups excluding carboxylic acids is 1. The van der Waals surface area contributed by atoms with Crippen LogP contribution in [0.15, 0.2) is 49.2 Å². The van der Waals surface area contributed by atoms with Crippen molar-refractivity contribution >= 4 is 17.8 Å². The zero-order valence-electron chi connectivity index (χ0n) is 27.6. The molecule has 4 heterocycles. The zero-order valence-corrected chi connectivity index (χ0v) is 27.6. The number of aromatic nitrogens is 7. The van der Waals surface area contributed by atoms with E-state index in [1.807, 2.05) is 40.2 Å². The summed E-state index contributed by atoms with van der Waals surface area (Å²) < 4.78 is 7.03. The summed E-state index contributed by atoms with van der Waals surface area (Å²) in [5.41, 5.74) is 4.34. The third kappa shape index (κ3) is 7.11. The van der Waals surface area contributed by atoms with Crippen molar-refractivity contribution in [3.63, 3.8) is 0 Å². The standard InChI is InChI=1S/C34H44N10O2/c1-21(2)43-16-15-28(42-43)30-27(34(3,4)5)20-36-31(41-30)39-24-10-12-26(13-11-24)44(33(45)40-25-8-9-25)29-14-7-22(17-35-29)23-18-37-32(46-6)38-19-23/h7,14-21,24-26H,8-13H2,1-6H3,(H,40,45)(H,36,39,41). The van der Waals surface area contributed by atoms with Crippen molar-refractivity contribution in [2.45, 2.75) is 103 Å². The Morgan fingerprint density at radius 3 is 2.20 bits per heavy atom. The summed E-state index contributed by atoms with van der Waals surface area (Å²) in [4.78, 5) is 38.2. The van der Waals surface area contributed by atoms with Crippen LogP contribution in [-0.4, -0.2) is 66.0 Å². The smallest absolute Gasteiger partial charge is 0.323 e. The number of pyridine rings is 1. The minimum atomic E-state index is -0.132. The lowest BCUT2D eigenvalue weighted by Gasteiger charge is -2.36. The van der Waals surface area contributed by atoms with Crippen molar-refractivity contribution in [3.05, 3.63) is 54.7 Å². The van der Waals surface area contributed by atoms with E-state index in [0.717, 1.165) is 66.6 Å². The number of anilines is 2. The van der Waals surface area contributed by atoms with E-state index < -0.39 is 0 Å². The van der Waals surface area contributed by atoms with Gasteiger partial charge in [0.05, 0.1) is 12.8 Å². The van der Waals surface area contributed by atoms with Gasteiger partial charge in [0.25, 0.3) is 0 Å². The maximum atomic E-state index is 13.5. The van der Waals surface area contributed by atoms with E-state index in [9.17, 15) is 4.79 Å². The lowest BCUT2D eigenvalue weighted by Crippen LogP contribution is -2.49. The number of methoxy groups -OCH3 is 1. The van der Waals surface area contributed by atoms with Crippen LogP contribution in [0, 0.1) is 0 Å². The number of rotatable bonds is 9. The molecule has 6 rings (SSSR count). The van der Waals surface area contributed by atoms with E-state index in [-0.39, 0.29) is 35.6 Å². The van der Waals surface area contributed by atoms with Crippen LogP contribution in [0.2, 0.25) is 0 Å². The quantitative estimate of drug-likeness (QED) is 0.224. The average molecular weight is 625 g/mol. The molecule has 0 aromatic carbocycles. The van der Waals surface area contributed by atoms with Gasteiger partial charge >= 0.3 is 12.0 Å². The fourth-order valence-electron chi connectivity index (χ4n) is 5.81. The maximum absolute atomic E-state index is 13.5. The predicted molar refractivity (Wildman–Crippen MR) is 178 cm³/mol. The van der Waals surface area contributed by atoms with Gasteiger partial charge in [-0.15, -0.1) is 0 Å². The highest BCUT2D eigenvalue weighted by Gasteiger charge is 2.34. The molecule has 0 aliphatic heterocycles. The number of hydrogen-bond acceptors (Lipinski definition) is 9. The van der Waals surface area contributed by atoms with Crippen LogP contribution in [-0.2, 0) is 5.41 Å². The van der Waals surface area contributed by atoms with Crippen molar-refractivity contribution in [1.82, 2.24) is 40.0 Å². The number of carbonyl (C=O) groups is 1. The van der Waals surface area contributed by atoms with E-state index in [1.165, 1.54) is 7.11 Å². The summed E-state index contributed by atoms with van der Waals surface area (Å²) in [6.07, 6.45) is 14.6. The SMILES string of the molecule is COc1ncc(-c2ccc(N(C(=O)NC3CC3)C3CCC(Nc4ncc(C(C)(C)C)c(-c5ccn(C(C)C)n5)n4)CC3)nc2)cn1. The van der Waals surface area contributed by atoms with Crippen LogP contribution >= 0.6 is 0 Å². The van der Waals surface area contributed by atoms with Gasteiger partial charge in [0, 0.05) is 71.8 Å². The lowest BCUT2D eigenvalue weighted by atomic mass is 9.86. The van der Waals surface area contributed by atoms with Gasteiger partial charge in [0.2, 0.25) is 5.95 Å². The second-order valence-corrected chi connectivity index (χ2v) is 13.6. The molecule has 0 spiro atoms. The van der Waals surface area contributed by atoms with E-state index in [0.29, 0.717) is 17.8 Å². The molecule has 2 amide bonds. The highest BCUT2D eigenvalue weighted by molar-refractivity contribution is 5.92. The third-order valence-corrected chi connectivity index (χ3v) is 8.63. The Morgan fingerprint density at radius 1 is 0.913 bits per heavy atom. The highest BCUT2D eigenvalue weighted by atomic mass is 16.5. The second-order valence-electron chi connectivity index (χ2n) is 13.6. The Balaban J connectivity index is 1.16. The minimum absolute atomic E-state index is 0.0270. The fourth-order valence-corrected chi connectivity index (χ4v) is 5.81. The second kappa shape index (κ2) is 13.0. The van der Waals surface area contributed by atoms with E-state index in [1.54, 1.807) is 18.6 Å². The molecule has 12 heteroatoms. The molecule has 2 aliphatic rings. The Kier molecular flexibility index (Phi) is 8.88. The first-order valence-corrected chi connectivity index (χ1v) is 16.2. The summed E-state index contributed by atoms with van der Waals surface area (Å²) in [6, 6.07) is 6.85. The maximum Gasteiger partial charge on any atom is 0.323 e. The van der Waals surface area contributed by atoms with Gasteiger partial charge in [-0.25, -0.2) is 29.7 Å². The van der Waals surface area contributed by atoms with Crippen LogP contribution in [0.25, 0.3) is 22.5 Å². The Bertz CT molecular complexity index is 1630. The predicted octanol–water partition coefficient (Wildman–Crippen LogP) is 6.18. The van der Waals surface area contributed by atoms with E-state index in [2.05, 4.69) is 55.2 Å². The van der Waals surface area contributed by atoms with Crippen LogP contribution in [0.5, 0.6) is 6.01 Å². The molecule has 0 atom stereocenters. The van der Waals surface area contributed by atoms with Gasteiger partial charge in [-0.1, -0.05) is 20.8 Å². The summed E-state index contributed by atoms with van der Waals surface area (Å²) in [5.74, 6) is 1.24. The summed E-state index contributed by atoms with van der Waals surface area (Å²) in [7, 11) is 1.54. The molecular weight excluding hydrogens is 580 g/mol. The molecule has 0 saturated heterocycles. The van der Waals surface area contributed by atoms with Crippen LogP contribution < -0.4 is 20.3 Å². The molecule has 12 nitrogen and oxygen atoms in total. The molecular formula is C34H44N10O2. The van der Waals surface area contributed by atoms with Gasteiger partial charge in [-0.05, 0) is 76.0 Å². The van der Waals surface area contributed by atoms with Crippen molar-refractivity contribution in [2.75, 3.05) is 17.3 Å². The van der Waals surface area contributed by atoms with Gasteiger partial charge in [0.15, 0.2) is 0 Å². The average Bonchev–Trinajstić information content (AvgIpc) is 3.71. The number of nitrogens with one attached hydrogen (secondary N) is 2. The molecule has 0 unspecified atom stereocenters. The van der Waals surface area contributed by atoms with Crippen LogP contribution in [0.1, 0.15) is 84.7 Å². The molecule has 0 bridgehead atoms. The number of urea groups is 1. The molecule has 4 aromatic rings. The summed E-state index contributed by atoms with van der Waals surface area (Å²) in [5, 5.41) is 11.6. The van der Waals surface area contributed by atoms with Crippen molar-refractivity contribution in [1.29, 1.82) is 0 Å². The number of ether oxygens (including phenoxy) is 1. The van der Waals surface area contributed by atoms with Crippen molar-refractivity contribution in [3.8, 4) is 28.5 Å². The zero-order chi connectivity index (χ0) is 32.4. The topological polar surface area (TPSA) is 136 Å². The summed E-state index contributed by atoms with van der Waals surface area (Å²) in [6.45, 7) is 10.7. The number of amides is 2. The van der Waals surface area contributed by atoms with Crippen LogP contribution in [0.3, 0.4) is 0 Å². The van der Waals surface area contributed by atoms with Crippen molar-refractivity contribution in [2.24, 2.45) is 0 Å². The lowest BCUT2D eigenvalue weighted by molar-refractivity contribution is 0.240. The summed E-state index contributed by atoms with van der Waals surface area (Å²) >= 11 is 0. The Morgan fingerprint density at radius 2 is 1.61 bits per heavy atom. The van der Waals surface area contributed by atoms with Gasteiger partial charge in [-0.3, -0.25) is 9.58 Å². The monoisotopic (exact) mass is 624 g/mol. The molecule has 2 saturated carbocycles. The first kappa shape index (κ1) is 31.4. The minimum Gasteiger partial charge on any atom is -0.467 e. The Hall–Kier alpha value is -4.61. The van der Waals surface area contributed by atoms with Crippen LogP contribution in [0.4, 0.5) is 16.6 Å². The molecule has 2 aliphatic carbocycles. The first-order valence-electron chi connectivity index (χ1n) is 16.2. The first-order chi connectivity index (χ1) is 22.1. The van der Waals surface area contributed by atoms with E-state index in [4.69, 9.17) is 24.8 Å².